The molecule has 2 aliphatic rings. The van der Waals surface area contributed by atoms with Gasteiger partial charge in [-0.25, -0.2) is 0 Å². The fourth-order valence-corrected chi connectivity index (χ4v) is 5.66. The largest absolute Gasteiger partial charge is 0.493 e. The zero-order valence-electron chi connectivity index (χ0n) is 22.4. The minimum Gasteiger partial charge on any atom is -0.493 e. The van der Waals surface area contributed by atoms with Crippen molar-refractivity contribution in [2.45, 2.75) is 70.7 Å². The molecule has 1 saturated carbocycles. The van der Waals surface area contributed by atoms with E-state index in [2.05, 4.69) is 21.2 Å². The lowest BCUT2D eigenvalue weighted by Gasteiger charge is -2.33. The third kappa shape index (κ3) is 6.06. The van der Waals surface area contributed by atoms with E-state index in [0.29, 0.717) is 17.1 Å². The van der Waals surface area contributed by atoms with Crippen molar-refractivity contribution in [3.63, 3.8) is 0 Å². The van der Waals surface area contributed by atoms with Crippen LogP contribution in [0.4, 0.5) is 5.69 Å². The van der Waals surface area contributed by atoms with Crippen molar-refractivity contribution < 1.29 is 19.1 Å². The topological polar surface area (TPSA) is 71.1 Å². The summed E-state index contributed by atoms with van der Waals surface area (Å²) in [6.07, 6.45) is 4.56. The van der Waals surface area contributed by atoms with Crippen LogP contribution in [0.1, 0.15) is 63.1 Å². The Morgan fingerprint density at radius 1 is 1.16 bits per heavy atom. The molecule has 1 fully saturated rings. The Balaban J connectivity index is 1.81. The number of rotatable bonds is 7. The Morgan fingerprint density at radius 2 is 1.84 bits per heavy atom. The molecule has 7 nitrogen and oxygen atoms in total. The normalized spacial score (nSPS) is 20.2. The summed E-state index contributed by atoms with van der Waals surface area (Å²) in [5.41, 5.74) is 2.64. The molecule has 0 radical (unpaired) electrons. The van der Waals surface area contributed by atoms with Crippen LogP contribution in [0.15, 0.2) is 40.9 Å². The Morgan fingerprint density at radius 3 is 2.43 bits per heavy atom. The summed E-state index contributed by atoms with van der Waals surface area (Å²) in [5.74, 6) is 0.458. The van der Waals surface area contributed by atoms with Crippen LogP contribution in [0.25, 0.3) is 0 Å². The van der Waals surface area contributed by atoms with E-state index in [0.717, 1.165) is 41.4 Å². The van der Waals surface area contributed by atoms with Gasteiger partial charge in [-0.2, -0.15) is 0 Å². The van der Waals surface area contributed by atoms with Crippen molar-refractivity contribution in [2.24, 2.45) is 5.92 Å². The van der Waals surface area contributed by atoms with E-state index in [1.54, 1.807) is 12.0 Å². The molecule has 2 unspecified atom stereocenters. The SMILES string of the molecule is COc1cc(Br)cc2c1OC(C(C)C)C(=O)N(Cc1ccc(N(C)C)cc1)C2C(=O)NC1CCCCC1. The van der Waals surface area contributed by atoms with Crippen LogP contribution in [0, 0.1) is 5.92 Å². The zero-order valence-corrected chi connectivity index (χ0v) is 24.0. The van der Waals surface area contributed by atoms with Gasteiger partial charge in [-0.3, -0.25) is 9.59 Å². The average molecular weight is 573 g/mol. The lowest BCUT2D eigenvalue weighted by molar-refractivity contribution is -0.147. The maximum absolute atomic E-state index is 14.1. The first-order valence-corrected chi connectivity index (χ1v) is 13.9. The first-order valence-electron chi connectivity index (χ1n) is 13.1. The number of carbonyl (C=O) groups is 2. The second-order valence-electron chi connectivity index (χ2n) is 10.6. The molecule has 2 aromatic carbocycles. The molecule has 2 amide bonds. The molecule has 0 spiro atoms. The van der Waals surface area contributed by atoms with Crippen molar-refractivity contribution in [1.82, 2.24) is 10.2 Å². The van der Waals surface area contributed by atoms with Crippen LogP contribution >= 0.6 is 15.9 Å². The summed E-state index contributed by atoms with van der Waals surface area (Å²) in [5, 5.41) is 3.27. The summed E-state index contributed by atoms with van der Waals surface area (Å²) in [4.78, 5) is 31.8. The third-order valence-electron chi connectivity index (χ3n) is 7.26. The van der Waals surface area contributed by atoms with Gasteiger partial charge >= 0.3 is 0 Å². The van der Waals surface area contributed by atoms with Gasteiger partial charge in [0.2, 0.25) is 5.91 Å². The number of methoxy groups -OCH3 is 1. The van der Waals surface area contributed by atoms with Crippen LogP contribution in [0.5, 0.6) is 11.5 Å². The number of amides is 2. The maximum Gasteiger partial charge on any atom is 0.265 e. The predicted octanol–water partition coefficient (Wildman–Crippen LogP) is 5.46. The molecule has 1 N–H and O–H groups in total. The number of hydrogen-bond donors (Lipinski definition) is 1. The van der Waals surface area contributed by atoms with E-state index in [1.165, 1.54) is 6.42 Å². The van der Waals surface area contributed by atoms with E-state index in [1.807, 2.05) is 69.2 Å². The molecule has 200 valence electrons. The highest BCUT2D eigenvalue weighted by atomic mass is 79.9. The van der Waals surface area contributed by atoms with E-state index in [4.69, 9.17) is 9.47 Å². The third-order valence-corrected chi connectivity index (χ3v) is 7.71. The molecule has 2 atom stereocenters. The van der Waals surface area contributed by atoms with Gasteiger partial charge in [-0.15, -0.1) is 0 Å². The fourth-order valence-electron chi connectivity index (χ4n) is 5.20. The summed E-state index contributed by atoms with van der Waals surface area (Å²) in [6, 6.07) is 11.0. The number of ether oxygens (including phenoxy) is 2. The monoisotopic (exact) mass is 571 g/mol. The number of halogens is 1. The molecule has 1 aliphatic carbocycles. The summed E-state index contributed by atoms with van der Waals surface area (Å²) < 4.78 is 12.8. The number of nitrogens with zero attached hydrogens (tertiary/aromatic N) is 2. The lowest BCUT2D eigenvalue weighted by Crippen LogP contribution is -2.49. The smallest absolute Gasteiger partial charge is 0.265 e. The molecule has 1 aliphatic heterocycles. The van der Waals surface area contributed by atoms with Gasteiger partial charge in [0, 0.05) is 42.4 Å². The Labute approximate surface area is 228 Å². The summed E-state index contributed by atoms with van der Waals surface area (Å²) >= 11 is 3.57. The highest BCUT2D eigenvalue weighted by Crippen LogP contribution is 2.44. The first kappa shape index (κ1) is 27.3. The average Bonchev–Trinajstić information content (AvgIpc) is 2.99. The number of anilines is 1. The highest BCUT2D eigenvalue weighted by Gasteiger charge is 2.43. The van der Waals surface area contributed by atoms with E-state index >= 15 is 0 Å². The molecule has 1 heterocycles. The van der Waals surface area contributed by atoms with E-state index < -0.39 is 12.1 Å². The maximum atomic E-state index is 14.1. The second kappa shape index (κ2) is 11.8. The van der Waals surface area contributed by atoms with Gasteiger partial charge in [-0.1, -0.05) is 61.2 Å². The van der Waals surface area contributed by atoms with Gasteiger partial charge in [0.05, 0.1) is 7.11 Å². The van der Waals surface area contributed by atoms with Crippen molar-refractivity contribution in [3.8, 4) is 11.5 Å². The van der Waals surface area contributed by atoms with Gasteiger partial charge < -0.3 is 24.6 Å². The van der Waals surface area contributed by atoms with Crippen molar-refractivity contribution in [1.29, 1.82) is 0 Å². The molecule has 0 bridgehead atoms. The van der Waals surface area contributed by atoms with E-state index in [-0.39, 0.29) is 30.3 Å². The van der Waals surface area contributed by atoms with E-state index in [9.17, 15) is 9.59 Å². The lowest BCUT2D eigenvalue weighted by atomic mass is 9.94. The van der Waals surface area contributed by atoms with Crippen LogP contribution in [0.3, 0.4) is 0 Å². The van der Waals surface area contributed by atoms with Crippen LogP contribution < -0.4 is 19.7 Å². The van der Waals surface area contributed by atoms with Crippen molar-refractivity contribution in [3.05, 3.63) is 52.0 Å². The highest BCUT2D eigenvalue weighted by molar-refractivity contribution is 9.10. The minimum atomic E-state index is -0.854. The Hall–Kier alpha value is -2.74. The number of benzene rings is 2. The predicted molar refractivity (Wildman–Crippen MR) is 149 cm³/mol. The van der Waals surface area contributed by atoms with Gasteiger partial charge in [0.15, 0.2) is 17.6 Å². The van der Waals surface area contributed by atoms with Crippen LogP contribution in [-0.4, -0.2) is 50.1 Å². The van der Waals surface area contributed by atoms with Crippen molar-refractivity contribution >= 4 is 33.4 Å². The molecule has 37 heavy (non-hydrogen) atoms. The molecule has 4 rings (SSSR count). The molecule has 2 aromatic rings. The number of hydrogen-bond acceptors (Lipinski definition) is 5. The molecular weight excluding hydrogens is 534 g/mol. The van der Waals surface area contributed by atoms with Gasteiger partial charge in [0.1, 0.15) is 6.04 Å². The number of carbonyl (C=O) groups excluding carboxylic acids is 2. The molecule has 8 heteroatoms. The standard InChI is InChI=1S/C29H38BrN3O4/c1-18(2)26-29(35)33(17-19-11-13-22(14-12-19)32(3)4)25(28(34)31-21-9-7-6-8-10-21)23-15-20(30)16-24(36-5)27(23)37-26/h11-16,18,21,25-26H,6-10,17H2,1-5H3,(H,31,34). The van der Waals surface area contributed by atoms with Gasteiger partial charge in [0.25, 0.3) is 5.91 Å². The summed E-state index contributed by atoms with van der Waals surface area (Å²) in [6.45, 7) is 4.20. The Bertz CT molecular complexity index is 1110. The minimum absolute atomic E-state index is 0.104. The number of nitrogens with one attached hydrogen (secondary N) is 1. The number of fused-ring (bicyclic) bond motifs is 1. The van der Waals surface area contributed by atoms with Crippen LogP contribution in [-0.2, 0) is 16.1 Å². The fraction of sp³-hybridized carbons (Fsp3) is 0.517. The molecule has 0 saturated heterocycles. The Kier molecular flexibility index (Phi) is 8.67. The zero-order chi connectivity index (χ0) is 26.7. The quantitative estimate of drug-likeness (QED) is 0.477. The first-order chi connectivity index (χ1) is 17.7. The molecular formula is C29H38BrN3O4. The summed E-state index contributed by atoms with van der Waals surface area (Å²) in [7, 11) is 5.56. The van der Waals surface area contributed by atoms with Crippen molar-refractivity contribution in [2.75, 3.05) is 26.1 Å². The van der Waals surface area contributed by atoms with Gasteiger partial charge in [-0.05, 0) is 48.6 Å². The second-order valence-corrected chi connectivity index (χ2v) is 11.5. The van der Waals surface area contributed by atoms with Crippen LogP contribution in [0.2, 0.25) is 0 Å². The molecule has 0 aromatic heterocycles.